The highest BCUT2D eigenvalue weighted by Gasteiger charge is 2.13. The Hall–Kier alpha value is -4.06. The van der Waals surface area contributed by atoms with E-state index in [0.717, 1.165) is 11.4 Å². The molecule has 0 spiro atoms. The molecule has 4 rings (SSSR count). The zero-order valence-electron chi connectivity index (χ0n) is 15.1. The number of aromatic nitrogens is 2. The fourth-order valence-corrected chi connectivity index (χ4v) is 2.64. The quantitative estimate of drug-likeness (QED) is 0.323. The Labute approximate surface area is 163 Å². The Morgan fingerprint density at radius 1 is 0.464 bits per heavy atom. The van der Waals surface area contributed by atoms with Crippen molar-refractivity contribution in [3.05, 3.63) is 109 Å². The molecule has 0 aliphatic rings. The van der Waals surface area contributed by atoms with Gasteiger partial charge in [0.2, 0.25) is 0 Å². The lowest BCUT2D eigenvalue weighted by Gasteiger charge is -2.20. The number of anilines is 4. The lowest BCUT2D eigenvalue weighted by atomic mass is 10.3. The number of nitrogens with zero attached hydrogens (tertiary/aromatic N) is 6. The molecular weight excluding hydrogens is 348 g/mol. The van der Waals surface area contributed by atoms with E-state index in [-0.39, 0.29) is 0 Å². The normalized spacial score (nSPS) is 10.7. The second-order valence-corrected chi connectivity index (χ2v) is 5.85. The van der Waals surface area contributed by atoms with E-state index in [2.05, 4.69) is 20.4 Å². The molecule has 4 aromatic rings. The van der Waals surface area contributed by atoms with Crippen molar-refractivity contribution in [1.82, 2.24) is 9.97 Å². The molecule has 2 aromatic carbocycles. The van der Waals surface area contributed by atoms with E-state index in [1.165, 1.54) is 0 Å². The highest BCUT2D eigenvalue weighted by atomic mass is 15.7. The molecule has 136 valence electrons. The van der Waals surface area contributed by atoms with Crippen molar-refractivity contribution in [1.29, 1.82) is 0 Å². The van der Waals surface area contributed by atoms with E-state index in [1.54, 1.807) is 22.4 Å². The molecule has 28 heavy (non-hydrogen) atoms. The molecule has 2 heterocycles. The molecule has 2 aromatic heterocycles. The molecule has 0 unspecified atom stereocenters. The fraction of sp³-hybridized carbons (Fsp3) is 0. The minimum Gasteiger partial charge on any atom is -0.237 e. The van der Waals surface area contributed by atoms with E-state index < -0.39 is 0 Å². The Morgan fingerprint density at radius 2 is 0.857 bits per heavy atom. The third kappa shape index (κ3) is 4.02. The summed E-state index contributed by atoms with van der Waals surface area (Å²) >= 11 is 0. The summed E-state index contributed by atoms with van der Waals surface area (Å²) in [5.74, 6) is 1.35. The van der Waals surface area contributed by atoms with Gasteiger partial charge in [-0.1, -0.05) is 48.5 Å². The highest BCUT2D eigenvalue weighted by Crippen LogP contribution is 2.27. The minimum atomic E-state index is 0.673. The van der Waals surface area contributed by atoms with Crippen LogP contribution in [0.5, 0.6) is 0 Å². The average Bonchev–Trinajstić information content (AvgIpc) is 2.79. The first-order valence-corrected chi connectivity index (χ1v) is 8.86. The molecule has 0 aliphatic carbocycles. The van der Waals surface area contributed by atoms with E-state index in [9.17, 15) is 0 Å². The van der Waals surface area contributed by atoms with E-state index in [4.69, 9.17) is 0 Å². The predicted octanol–water partition coefficient (Wildman–Crippen LogP) is 5.74. The fourth-order valence-electron chi connectivity index (χ4n) is 2.64. The number of pyridine rings is 2. The minimum absolute atomic E-state index is 0.673. The largest absolute Gasteiger partial charge is 0.237 e. The Bertz CT molecular complexity index is 844. The number of hydrogen-bond donors (Lipinski definition) is 0. The van der Waals surface area contributed by atoms with Gasteiger partial charge in [-0.05, 0) is 59.0 Å². The van der Waals surface area contributed by atoms with Crippen LogP contribution in [0.3, 0.4) is 0 Å². The van der Waals surface area contributed by atoms with Crippen LogP contribution in [0.2, 0.25) is 0 Å². The van der Waals surface area contributed by atoms with Crippen molar-refractivity contribution in [2.75, 3.05) is 10.0 Å². The van der Waals surface area contributed by atoms with Crippen molar-refractivity contribution in [3.8, 4) is 0 Å². The van der Waals surface area contributed by atoms with Gasteiger partial charge < -0.3 is 0 Å². The third-order valence-electron chi connectivity index (χ3n) is 3.95. The van der Waals surface area contributed by atoms with Crippen LogP contribution < -0.4 is 10.0 Å². The maximum absolute atomic E-state index is 4.50. The van der Waals surface area contributed by atoms with Crippen LogP contribution in [0.25, 0.3) is 0 Å². The van der Waals surface area contributed by atoms with E-state index in [1.807, 2.05) is 97.1 Å². The summed E-state index contributed by atoms with van der Waals surface area (Å²) in [7, 11) is 0. The average molecular weight is 366 g/mol. The van der Waals surface area contributed by atoms with E-state index >= 15 is 0 Å². The topological polar surface area (TPSA) is 57.0 Å². The molecule has 6 heteroatoms. The van der Waals surface area contributed by atoms with Crippen molar-refractivity contribution < 1.29 is 0 Å². The summed E-state index contributed by atoms with van der Waals surface area (Å²) < 4.78 is 0. The second kappa shape index (κ2) is 8.55. The number of rotatable bonds is 6. The van der Waals surface area contributed by atoms with Crippen molar-refractivity contribution in [3.63, 3.8) is 0 Å². The smallest absolute Gasteiger partial charge is 0.155 e. The Morgan fingerprint density at radius 3 is 1.21 bits per heavy atom. The Kier molecular flexibility index (Phi) is 5.30. The zero-order valence-corrected chi connectivity index (χ0v) is 15.1. The maximum Gasteiger partial charge on any atom is 0.155 e. The van der Waals surface area contributed by atoms with Gasteiger partial charge in [0, 0.05) is 12.4 Å². The summed E-state index contributed by atoms with van der Waals surface area (Å²) in [6, 6.07) is 30.9. The molecular formula is C22H18N6. The van der Waals surface area contributed by atoms with Crippen LogP contribution in [0.1, 0.15) is 0 Å². The Balaban J connectivity index is 1.75. The number of benzene rings is 2. The van der Waals surface area contributed by atoms with Crippen LogP contribution in [0, 0.1) is 0 Å². The summed E-state index contributed by atoms with van der Waals surface area (Å²) in [5.41, 5.74) is 1.72. The zero-order chi connectivity index (χ0) is 19.0. The van der Waals surface area contributed by atoms with Gasteiger partial charge in [-0.2, -0.15) is 10.0 Å². The lowest BCUT2D eigenvalue weighted by Crippen LogP contribution is -2.14. The van der Waals surface area contributed by atoms with Gasteiger partial charge in [0.25, 0.3) is 0 Å². The lowest BCUT2D eigenvalue weighted by molar-refractivity contribution is 0.849. The molecule has 0 fully saturated rings. The van der Waals surface area contributed by atoms with Gasteiger partial charge in [-0.25, -0.2) is 9.97 Å². The van der Waals surface area contributed by atoms with Crippen LogP contribution in [-0.4, -0.2) is 9.97 Å². The van der Waals surface area contributed by atoms with Crippen LogP contribution in [-0.2, 0) is 0 Å². The molecule has 0 saturated carbocycles. The first-order valence-electron chi connectivity index (χ1n) is 8.86. The molecule has 0 amide bonds. The van der Waals surface area contributed by atoms with Crippen molar-refractivity contribution in [2.24, 2.45) is 10.4 Å². The molecule has 0 N–H and O–H groups in total. The predicted molar refractivity (Wildman–Crippen MR) is 110 cm³/mol. The number of hydrogen-bond acceptors (Lipinski definition) is 4. The van der Waals surface area contributed by atoms with Gasteiger partial charge in [0.05, 0.1) is 11.4 Å². The van der Waals surface area contributed by atoms with Gasteiger partial charge >= 0.3 is 0 Å². The van der Waals surface area contributed by atoms with Crippen LogP contribution >= 0.6 is 0 Å². The van der Waals surface area contributed by atoms with Crippen molar-refractivity contribution in [2.45, 2.75) is 0 Å². The summed E-state index contributed by atoms with van der Waals surface area (Å²) in [6.45, 7) is 0. The van der Waals surface area contributed by atoms with Crippen molar-refractivity contribution >= 4 is 23.0 Å². The highest BCUT2D eigenvalue weighted by molar-refractivity contribution is 5.60. The van der Waals surface area contributed by atoms with Crippen LogP contribution in [0.15, 0.2) is 120 Å². The molecule has 0 saturated heterocycles. The van der Waals surface area contributed by atoms with E-state index in [0.29, 0.717) is 11.6 Å². The molecule has 6 nitrogen and oxygen atoms in total. The maximum atomic E-state index is 4.50. The summed E-state index contributed by atoms with van der Waals surface area (Å²) in [4.78, 5) is 8.83. The second-order valence-electron chi connectivity index (χ2n) is 5.85. The first-order chi connectivity index (χ1) is 13.9. The molecule has 0 radical (unpaired) electrons. The first kappa shape index (κ1) is 17.4. The van der Waals surface area contributed by atoms with Gasteiger partial charge in [-0.15, -0.1) is 0 Å². The van der Waals surface area contributed by atoms with Gasteiger partial charge in [0.15, 0.2) is 11.6 Å². The third-order valence-corrected chi connectivity index (χ3v) is 3.95. The molecule has 0 atom stereocenters. The van der Waals surface area contributed by atoms with Crippen LogP contribution in [0.4, 0.5) is 23.0 Å². The SMILES string of the molecule is c1ccc(N(N=NN(c2ccccc2)c2ccccn2)c2ccccn2)cc1. The monoisotopic (exact) mass is 366 g/mol. The molecule has 0 bridgehead atoms. The summed E-state index contributed by atoms with van der Waals surface area (Å²) in [6.07, 6.45) is 3.46. The molecule has 0 aliphatic heterocycles. The van der Waals surface area contributed by atoms with Gasteiger partial charge in [-0.3, -0.25) is 0 Å². The summed E-state index contributed by atoms with van der Waals surface area (Å²) in [5, 5.41) is 12.4. The number of para-hydroxylation sites is 2. The standard InChI is InChI=1S/C22H18N6/c1-3-11-19(12-4-1)27(21-15-7-9-17-23-21)25-26-28(20-13-5-2-6-14-20)22-16-8-10-18-24-22/h1-18H. The van der Waals surface area contributed by atoms with Gasteiger partial charge in [0.1, 0.15) is 0 Å².